The normalized spacial score (nSPS) is 18.6. The number of nitrogens with zero attached hydrogens (tertiary/aromatic N) is 1. The van der Waals surface area contributed by atoms with E-state index in [1.807, 2.05) is 17.5 Å². The summed E-state index contributed by atoms with van der Waals surface area (Å²) in [4.78, 5) is 14.6. The number of amides is 1. The maximum absolute atomic E-state index is 12.0. The molecule has 104 valence electrons. The van der Waals surface area contributed by atoms with Gasteiger partial charge in [0.05, 0.1) is 5.60 Å². The van der Waals surface area contributed by atoms with E-state index in [9.17, 15) is 9.90 Å². The maximum atomic E-state index is 12.0. The van der Waals surface area contributed by atoms with Gasteiger partial charge in [-0.2, -0.15) is 0 Å². The second-order valence-electron chi connectivity index (χ2n) is 4.88. The van der Waals surface area contributed by atoms with Gasteiger partial charge in [0.15, 0.2) is 0 Å². The van der Waals surface area contributed by atoms with Crippen LogP contribution in [0.4, 0.5) is 0 Å². The molecule has 0 atom stereocenters. The highest BCUT2D eigenvalue weighted by Gasteiger charge is 2.31. The average Bonchev–Trinajstić information content (AvgIpc) is 2.89. The summed E-state index contributed by atoms with van der Waals surface area (Å²) in [6.45, 7) is 1.47. The number of carbonyl (C=O) groups excluding carboxylic acids is 1. The molecule has 0 bridgehead atoms. The molecule has 1 saturated heterocycles. The third-order valence-corrected chi connectivity index (χ3v) is 4.10. The van der Waals surface area contributed by atoms with Gasteiger partial charge >= 0.3 is 0 Å². The highest BCUT2D eigenvalue weighted by Crippen LogP contribution is 2.21. The van der Waals surface area contributed by atoms with Crippen LogP contribution >= 0.6 is 11.3 Å². The zero-order valence-electron chi connectivity index (χ0n) is 11.0. The third kappa shape index (κ3) is 4.16. The number of rotatable bonds is 4. The molecule has 0 saturated carbocycles. The molecule has 2 rings (SSSR count). The fourth-order valence-electron chi connectivity index (χ4n) is 2.10. The van der Waals surface area contributed by atoms with Crippen molar-refractivity contribution in [2.45, 2.75) is 18.4 Å². The van der Waals surface area contributed by atoms with E-state index < -0.39 is 5.60 Å². The molecule has 1 N–H and O–H groups in total. The first-order chi connectivity index (χ1) is 9.09. The first kappa shape index (κ1) is 14.2. The Morgan fingerprint density at radius 3 is 2.95 bits per heavy atom. The molecule has 1 fully saturated rings. The SMILES string of the molecule is CN(CC1(O)CCOCC1)C(=O)/C=C/c1cccs1. The van der Waals surface area contributed by atoms with E-state index in [0.29, 0.717) is 32.6 Å². The highest BCUT2D eigenvalue weighted by molar-refractivity contribution is 7.10. The molecule has 1 aromatic heterocycles. The summed E-state index contributed by atoms with van der Waals surface area (Å²) < 4.78 is 5.23. The summed E-state index contributed by atoms with van der Waals surface area (Å²) >= 11 is 1.59. The third-order valence-electron chi connectivity index (χ3n) is 3.26. The van der Waals surface area contributed by atoms with Crippen molar-refractivity contribution in [3.05, 3.63) is 28.5 Å². The topological polar surface area (TPSA) is 49.8 Å². The van der Waals surface area contributed by atoms with Crippen LogP contribution in [0.2, 0.25) is 0 Å². The van der Waals surface area contributed by atoms with Crippen LogP contribution in [0.3, 0.4) is 0 Å². The Bertz CT molecular complexity index is 436. The Balaban J connectivity index is 1.88. The van der Waals surface area contributed by atoms with Crippen LogP contribution in [-0.2, 0) is 9.53 Å². The lowest BCUT2D eigenvalue weighted by atomic mass is 9.94. The minimum absolute atomic E-state index is 0.0895. The van der Waals surface area contributed by atoms with Gasteiger partial charge < -0.3 is 14.7 Å². The number of carbonyl (C=O) groups is 1. The smallest absolute Gasteiger partial charge is 0.246 e. The number of hydrogen-bond donors (Lipinski definition) is 1. The molecule has 1 aromatic rings. The minimum atomic E-state index is -0.806. The molecule has 1 aliphatic rings. The molecule has 0 radical (unpaired) electrons. The van der Waals surface area contributed by atoms with Crippen molar-refractivity contribution >= 4 is 23.3 Å². The molecule has 0 aliphatic carbocycles. The molecule has 0 spiro atoms. The molecule has 4 nitrogen and oxygen atoms in total. The summed E-state index contributed by atoms with van der Waals surface area (Å²) in [5.74, 6) is -0.0895. The van der Waals surface area contributed by atoms with Crippen LogP contribution in [0.25, 0.3) is 6.08 Å². The van der Waals surface area contributed by atoms with Gasteiger partial charge in [0, 0.05) is 50.6 Å². The van der Waals surface area contributed by atoms with Crippen LogP contribution in [0, 0.1) is 0 Å². The second-order valence-corrected chi connectivity index (χ2v) is 5.86. The van der Waals surface area contributed by atoms with Gasteiger partial charge in [-0.05, 0) is 17.5 Å². The summed E-state index contributed by atoms with van der Waals surface area (Å²) in [5.41, 5.74) is -0.806. The fourth-order valence-corrected chi connectivity index (χ4v) is 2.71. The van der Waals surface area contributed by atoms with Gasteiger partial charge in [-0.3, -0.25) is 4.79 Å². The molecular weight excluding hydrogens is 262 g/mol. The number of thiophene rings is 1. The standard InChI is InChI=1S/C14H19NO3S/c1-15(11-14(17)6-8-18-9-7-14)13(16)5-4-12-3-2-10-19-12/h2-5,10,17H,6-9,11H2,1H3/b5-4+. The molecule has 19 heavy (non-hydrogen) atoms. The summed E-state index contributed by atoms with van der Waals surface area (Å²) in [6, 6.07) is 3.91. The number of likely N-dealkylation sites (N-methyl/N-ethyl adjacent to an activating group) is 1. The monoisotopic (exact) mass is 281 g/mol. The van der Waals surface area contributed by atoms with E-state index in [2.05, 4.69) is 0 Å². The van der Waals surface area contributed by atoms with Gasteiger partial charge in [0.25, 0.3) is 0 Å². The fraction of sp³-hybridized carbons (Fsp3) is 0.500. The van der Waals surface area contributed by atoms with Crippen molar-refractivity contribution in [1.29, 1.82) is 0 Å². The molecule has 5 heteroatoms. The Morgan fingerprint density at radius 1 is 1.58 bits per heavy atom. The van der Waals surface area contributed by atoms with Crippen LogP contribution in [0.5, 0.6) is 0 Å². The van der Waals surface area contributed by atoms with Gasteiger partial charge in [-0.25, -0.2) is 0 Å². The predicted octanol–water partition coefficient (Wildman–Crippen LogP) is 1.76. The largest absolute Gasteiger partial charge is 0.388 e. The van der Waals surface area contributed by atoms with Crippen LogP contribution < -0.4 is 0 Å². The average molecular weight is 281 g/mol. The first-order valence-electron chi connectivity index (χ1n) is 6.36. The molecule has 0 unspecified atom stereocenters. The van der Waals surface area contributed by atoms with E-state index in [1.165, 1.54) is 0 Å². The first-order valence-corrected chi connectivity index (χ1v) is 7.24. The maximum Gasteiger partial charge on any atom is 0.246 e. The molecule has 2 heterocycles. The van der Waals surface area contributed by atoms with Crippen molar-refractivity contribution in [3.63, 3.8) is 0 Å². The van der Waals surface area contributed by atoms with E-state index >= 15 is 0 Å². The van der Waals surface area contributed by atoms with Crippen LogP contribution in [0.15, 0.2) is 23.6 Å². The van der Waals surface area contributed by atoms with Gasteiger partial charge in [-0.1, -0.05) is 6.07 Å². The van der Waals surface area contributed by atoms with Gasteiger partial charge in [0.1, 0.15) is 0 Å². The number of aliphatic hydroxyl groups is 1. The molecule has 1 amide bonds. The summed E-state index contributed by atoms with van der Waals surface area (Å²) in [7, 11) is 1.72. The quantitative estimate of drug-likeness (QED) is 0.856. The second kappa shape index (κ2) is 6.32. The Morgan fingerprint density at radius 2 is 2.32 bits per heavy atom. The summed E-state index contributed by atoms with van der Waals surface area (Å²) in [5, 5.41) is 12.3. The van der Waals surface area contributed by atoms with Crippen molar-refractivity contribution in [2.24, 2.45) is 0 Å². The Labute approximate surface area is 117 Å². The highest BCUT2D eigenvalue weighted by atomic mass is 32.1. The Kier molecular flexibility index (Phi) is 4.74. The van der Waals surface area contributed by atoms with Gasteiger partial charge in [0.2, 0.25) is 5.91 Å². The predicted molar refractivity (Wildman–Crippen MR) is 76.0 cm³/mol. The lowest BCUT2D eigenvalue weighted by Crippen LogP contribution is -2.47. The van der Waals surface area contributed by atoms with Crippen molar-refractivity contribution in [1.82, 2.24) is 4.90 Å². The van der Waals surface area contributed by atoms with Crippen LogP contribution in [0.1, 0.15) is 17.7 Å². The van der Waals surface area contributed by atoms with Crippen molar-refractivity contribution in [3.8, 4) is 0 Å². The minimum Gasteiger partial charge on any atom is -0.388 e. The number of hydrogen-bond acceptors (Lipinski definition) is 4. The van der Waals surface area contributed by atoms with Crippen molar-refractivity contribution < 1.29 is 14.6 Å². The number of ether oxygens (including phenoxy) is 1. The lowest BCUT2D eigenvalue weighted by molar-refractivity contribution is -0.131. The molecule has 1 aliphatic heterocycles. The summed E-state index contributed by atoms with van der Waals surface area (Å²) in [6.07, 6.45) is 4.52. The van der Waals surface area contributed by atoms with E-state index in [4.69, 9.17) is 4.74 Å². The van der Waals surface area contributed by atoms with Crippen molar-refractivity contribution in [2.75, 3.05) is 26.8 Å². The Hall–Kier alpha value is -1.17. The zero-order chi connectivity index (χ0) is 13.7. The van der Waals surface area contributed by atoms with E-state index in [-0.39, 0.29) is 5.91 Å². The lowest BCUT2D eigenvalue weighted by Gasteiger charge is -2.35. The van der Waals surface area contributed by atoms with Crippen LogP contribution in [-0.4, -0.2) is 48.3 Å². The van der Waals surface area contributed by atoms with E-state index in [1.54, 1.807) is 35.4 Å². The molecule has 0 aromatic carbocycles. The van der Waals surface area contributed by atoms with E-state index in [0.717, 1.165) is 4.88 Å². The molecular formula is C14H19NO3S. The zero-order valence-corrected chi connectivity index (χ0v) is 11.9. The van der Waals surface area contributed by atoms with Gasteiger partial charge in [-0.15, -0.1) is 11.3 Å².